The standard InChI is InChI=1S/C12H9BrOS/c13-15-12-9-5-4-8-11(12)14-10-6-2-1-3-7-10/h1-9H. The van der Waals surface area contributed by atoms with Crippen molar-refractivity contribution in [1.82, 2.24) is 0 Å². The van der Waals surface area contributed by atoms with Crippen LogP contribution >= 0.6 is 25.0 Å². The van der Waals surface area contributed by atoms with E-state index in [1.165, 1.54) is 10.2 Å². The Bertz CT molecular complexity index is 431. The van der Waals surface area contributed by atoms with Crippen LogP contribution in [0.5, 0.6) is 11.5 Å². The summed E-state index contributed by atoms with van der Waals surface area (Å²) in [5, 5.41) is 0. The lowest BCUT2D eigenvalue weighted by atomic mass is 10.3. The third-order valence-electron chi connectivity index (χ3n) is 1.90. The lowest BCUT2D eigenvalue weighted by molar-refractivity contribution is 0.471. The number of hydrogen-bond acceptors (Lipinski definition) is 2. The van der Waals surface area contributed by atoms with Gasteiger partial charge in [-0.1, -0.05) is 30.3 Å². The van der Waals surface area contributed by atoms with E-state index in [9.17, 15) is 0 Å². The highest BCUT2D eigenvalue weighted by molar-refractivity contribution is 9.50. The van der Waals surface area contributed by atoms with E-state index >= 15 is 0 Å². The molecule has 1 nitrogen and oxygen atoms in total. The Morgan fingerprint density at radius 2 is 1.53 bits per heavy atom. The van der Waals surface area contributed by atoms with Gasteiger partial charge in [-0.2, -0.15) is 0 Å². The van der Waals surface area contributed by atoms with Crippen LogP contribution in [0.15, 0.2) is 59.5 Å². The quantitative estimate of drug-likeness (QED) is 0.792. The van der Waals surface area contributed by atoms with Crippen molar-refractivity contribution in [3.8, 4) is 11.5 Å². The minimum absolute atomic E-state index is 0.853. The van der Waals surface area contributed by atoms with Gasteiger partial charge in [-0.15, -0.1) is 0 Å². The van der Waals surface area contributed by atoms with Gasteiger partial charge >= 0.3 is 0 Å². The summed E-state index contributed by atoms with van der Waals surface area (Å²) in [6.07, 6.45) is 0. The largest absolute Gasteiger partial charge is 0.456 e. The lowest BCUT2D eigenvalue weighted by Gasteiger charge is -2.08. The van der Waals surface area contributed by atoms with Crippen molar-refractivity contribution in [3.05, 3.63) is 54.6 Å². The van der Waals surface area contributed by atoms with Crippen molar-refractivity contribution in [2.75, 3.05) is 0 Å². The molecular weight excluding hydrogens is 272 g/mol. The molecule has 0 radical (unpaired) electrons. The lowest BCUT2D eigenvalue weighted by Crippen LogP contribution is -1.84. The predicted molar refractivity (Wildman–Crippen MR) is 67.7 cm³/mol. The molecule has 0 amide bonds. The van der Waals surface area contributed by atoms with Crippen molar-refractivity contribution in [2.45, 2.75) is 4.90 Å². The summed E-state index contributed by atoms with van der Waals surface area (Å²) in [6, 6.07) is 17.7. The smallest absolute Gasteiger partial charge is 0.141 e. The summed E-state index contributed by atoms with van der Waals surface area (Å²) >= 11 is 3.36. The van der Waals surface area contributed by atoms with Crippen LogP contribution < -0.4 is 4.74 Å². The minimum atomic E-state index is 0.853. The molecule has 0 N–H and O–H groups in total. The molecular formula is C12H9BrOS. The average molecular weight is 281 g/mol. The first-order chi connectivity index (χ1) is 7.40. The van der Waals surface area contributed by atoms with Crippen molar-refractivity contribution >= 4 is 25.0 Å². The van der Waals surface area contributed by atoms with Gasteiger partial charge in [0.15, 0.2) is 0 Å². The molecule has 0 heterocycles. The number of halogens is 1. The SMILES string of the molecule is BrSc1ccccc1Oc1ccccc1. The maximum atomic E-state index is 5.75. The first-order valence-corrected chi connectivity index (χ1v) is 7.16. The van der Waals surface area contributed by atoms with E-state index in [1.54, 1.807) is 0 Å². The molecule has 0 aliphatic carbocycles. The molecule has 0 spiro atoms. The van der Waals surface area contributed by atoms with E-state index in [0.29, 0.717) is 0 Å². The van der Waals surface area contributed by atoms with Gasteiger partial charge in [-0.3, -0.25) is 0 Å². The highest BCUT2D eigenvalue weighted by Crippen LogP contribution is 2.35. The third kappa shape index (κ3) is 2.76. The molecule has 2 aromatic carbocycles. The summed E-state index contributed by atoms with van der Waals surface area (Å²) in [4.78, 5) is 1.07. The fourth-order valence-corrected chi connectivity index (χ4v) is 2.33. The monoisotopic (exact) mass is 280 g/mol. The van der Waals surface area contributed by atoms with Crippen molar-refractivity contribution in [2.24, 2.45) is 0 Å². The zero-order valence-corrected chi connectivity index (χ0v) is 10.3. The molecule has 3 heteroatoms. The molecule has 0 atom stereocenters. The Balaban J connectivity index is 2.24. The summed E-state index contributed by atoms with van der Waals surface area (Å²) in [5.74, 6) is 1.72. The van der Waals surface area contributed by atoms with Gasteiger partial charge < -0.3 is 4.74 Å². The van der Waals surface area contributed by atoms with E-state index in [4.69, 9.17) is 4.74 Å². The van der Waals surface area contributed by atoms with Crippen molar-refractivity contribution in [3.63, 3.8) is 0 Å². The predicted octanol–water partition coefficient (Wildman–Crippen LogP) is 4.88. The van der Waals surface area contributed by atoms with Crippen LogP contribution in [0.3, 0.4) is 0 Å². The highest BCUT2D eigenvalue weighted by Gasteiger charge is 2.02. The van der Waals surface area contributed by atoms with Crippen LogP contribution in [-0.4, -0.2) is 0 Å². The van der Waals surface area contributed by atoms with Gasteiger partial charge in [0.2, 0.25) is 0 Å². The van der Waals surface area contributed by atoms with E-state index < -0.39 is 0 Å². The second-order valence-corrected chi connectivity index (χ2v) is 4.50. The number of para-hydroxylation sites is 2. The Morgan fingerprint density at radius 1 is 0.867 bits per heavy atom. The first-order valence-electron chi connectivity index (χ1n) is 4.50. The normalized spacial score (nSPS) is 9.93. The van der Waals surface area contributed by atoms with Crippen LogP contribution in [0.4, 0.5) is 0 Å². The minimum Gasteiger partial charge on any atom is -0.456 e. The third-order valence-corrected chi connectivity index (χ3v) is 3.45. The summed E-state index contributed by atoms with van der Waals surface area (Å²) in [5.41, 5.74) is 0. The Labute approximate surface area is 101 Å². The topological polar surface area (TPSA) is 9.23 Å². The van der Waals surface area contributed by atoms with E-state index in [-0.39, 0.29) is 0 Å². The molecule has 0 saturated carbocycles. The second-order valence-electron chi connectivity index (χ2n) is 2.94. The summed E-state index contributed by atoms with van der Waals surface area (Å²) < 4.78 is 5.75. The first kappa shape index (κ1) is 10.6. The second kappa shape index (κ2) is 5.24. The number of ether oxygens (including phenoxy) is 1. The van der Waals surface area contributed by atoms with Gasteiger partial charge in [0.1, 0.15) is 11.5 Å². The molecule has 15 heavy (non-hydrogen) atoms. The molecule has 0 aliphatic rings. The Kier molecular flexibility index (Phi) is 3.69. The maximum Gasteiger partial charge on any atom is 0.141 e. The van der Waals surface area contributed by atoms with Crippen LogP contribution in [0.25, 0.3) is 0 Å². The van der Waals surface area contributed by atoms with Crippen LogP contribution in [0.2, 0.25) is 0 Å². The summed E-state index contributed by atoms with van der Waals surface area (Å²) in [6.45, 7) is 0. The van der Waals surface area contributed by atoms with Gasteiger partial charge in [-0.25, -0.2) is 0 Å². The maximum absolute atomic E-state index is 5.75. The molecule has 0 aromatic heterocycles. The number of benzene rings is 2. The molecule has 0 bridgehead atoms. The van der Waals surface area contributed by atoms with Crippen molar-refractivity contribution in [1.29, 1.82) is 0 Å². The summed E-state index contributed by atoms with van der Waals surface area (Å²) in [7, 11) is 1.50. The van der Waals surface area contributed by atoms with Crippen LogP contribution in [-0.2, 0) is 0 Å². The molecule has 0 aliphatic heterocycles. The fraction of sp³-hybridized carbons (Fsp3) is 0. The zero-order valence-electron chi connectivity index (χ0n) is 7.89. The van der Waals surface area contributed by atoms with E-state index in [1.807, 2.05) is 54.6 Å². The Hall–Kier alpha value is -0.930. The van der Waals surface area contributed by atoms with E-state index in [0.717, 1.165) is 16.4 Å². The Morgan fingerprint density at radius 3 is 2.27 bits per heavy atom. The van der Waals surface area contributed by atoms with Crippen LogP contribution in [0, 0.1) is 0 Å². The number of hydrogen-bond donors (Lipinski definition) is 0. The van der Waals surface area contributed by atoms with Gasteiger partial charge in [0, 0.05) is 0 Å². The van der Waals surface area contributed by atoms with Gasteiger partial charge in [0.25, 0.3) is 0 Å². The molecule has 2 rings (SSSR count). The fourth-order valence-electron chi connectivity index (χ4n) is 1.21. The zero-order chi connectivity index (χ0) is 10.5. The van der Waals surface area contributed by atoms with Gasteiger partial charge in [0.05, 0.1) is 4.90 Å². The van der Waals surface area contributed by atoms with Crippen molar-refractivity contribution < 1.29 is 4.74 Å². The average Bonchev–Trinajstić information content (AvgIpc) is 2.31. The van der Waals surface area contributed by atoms with Crippen LogP contribution in [0.1, 0.15) is 0 Å². The number of rotatable bonds is 3. The molecule has 0 unspecified atom stereocenters. The van der Waals surface area contributed by atoms with E-state index in [2.05, 4.69) is 14.8 Å². The van der Waals surface area contributed by atoms with Gasteiger partial charge in [-0.05, 0) is 49.3 Å². The highest BCUT2D eigenvalue weighted by atomic mass is 79.9. The molecule has 0 saturated heterocycles. The molecule has 2 aromatic rings. The molecule has 0 fully saturated rings. The molecule has 76 valence electrons.